The normalized spacial score (nSPS) is 13.8. The molecule has 1 aromatic carbocycles. The molecule has 0 atom stereocenters. The highest BCUT2D eigenvalue weighted by Crippen LogP contribution is 2.35. The molecule has 1 saturated carbocycles. The molecule has 0 unspecified atom stereocenters. The van der Waals surface area contributed by atoms with Crippen molar-refractivity contribution in [3.63, 3.8) is 0 Å². The van der Waals surface area contributed by atoms with E-state index in [0.717, 1.165) is 12.8 Å². The van der Waals surface area contributed by atoms with Gasteiger partial charge in [0.15, 0.2) is 5.75 Å². The van der Waals surface area contributed by atoms with E-state index in [0.29, 0.717) is 29.0 Å². The molecule has 0 saturated heterocycles. The van der Waals surface area contributed by atoms with Crippen LogP contribution in [-0.2, 0) is 10.1 Å². The van der Waals surface area contributed by atoms with Crippen LogP contribution in [0.25, 0.3) is 0 Å². The summed E-state index contributed by atoms with van der Waals surface area (Å²) in [7, 11) is 0. The standard InChI is InChI=1S/C14H16BrNO5/c1-2-20-14(17)11-6-13(21-8-9-3-4-9)12(16(18)19)5-10(11)7-15/h5-6,9H,2-4,7-8H2,1H3. The molecule has 0 spiro atoms. The van der Waals surface area contributed by atoms with Gasteiger partial charge in [-0.1, -0.05) is 15.9 Å². The lowest BCUT2D eigenvalue weighted by Gasteiger charge is -2.11. The molecule has 0 aromatic heterocycles. The van der Waals surface area contributed by atoms with Gasteiger partial charge in [0.05, 0.1) is 23.7 Å². The molecule has 1 aromatic rings. The van der Waals surface area contributed by atoms with Gasteiger partial charge in [-0.05, 0) is 31.2 Å². The summed E-state index contributed by atoms with van der Waals surface area (Å²) in [5, 5.41) is 11.5. The quantitative estimate of drug-likeness (QED) is 0.323. The fourth-order valence-corrected chi connectivity index (χ4v) is 2.34. The number of ether oxygens (including phenoxy) is 2. The number of hydrogen-bond acceptors (Lipinski definition) is 5. The van der Waals surface area contributed by atoms with Gasteiger partial charge in [0, 0.05) is 17.5 Å². The smallest absolute Gasteiger partial charge is 0.338 e. The van der Waals surface area contributed by atoms with Crippen LogP contribution in [0.2, 0.25) is 0 Å². The minimum atomic E-state index is -0.502. The highest BCUT2D eigenvalue weighted by Gasteiger charge is 2.26. The summed E-state index contributed by atoms with van der Waals surface area (Å²) in [6.07, 6.45) is 2.16. The Morgan fingerprint density at radius 2 is 2.19 bits per heavy atom. The van der Waals surface area contributed by atoms with E-state index in [2.05, 4.69) is 15.9 Å². The average Bonchev–Trinajstić information content (AvgIpc) is 3.28. The van der Waals surface area contributed by atoms with Crippen molar-refractivity contribution >= 4 is 27.6 Å². The Hall–Kier alpha value is -1.63. The van der Waals surface area contributed by atoms with E-state index < -0.39 is 10.9 Å². The molecule has 0 bridgehead atoms. The van der Waals surface area contributed by atoms with Gasteiger partial charge in [-0.2, -0.15) is 0 Å². The number of carbonyl (C=O) groups excluding carboxylic acids is 1. The lowest BCUT2D eigenvalue weighted by Crippen LogP contribution is -2.10. The van der Waals surface area contributed by atoms with E-state index in [1.807, 2.05) is 0 Å². The van der Waals surface area contributed by atoms with Crippen LogP contribution in [0.5, 0.6) is 5.75 Å². The van der Waals surface area contributed by atoms with Crippen molar-refractivity contribution in [1.29, 1.82) is 0 Å². The molecular formula is C14H16BrNO5. The van der Waals surface area contributed by atoms with E-state index in [-0.39, 0.29) is 18.0 Å². The Morgan fingerprint density at radius 1 is 1.48 bits per heavy atom. The topological polar surface area (TPSA) is 78.7 Å². The number of benzene rings is 1. The van der Waals surface area contributed by atoms with Crippen LogP contribution < -0.4 is 4.74 Å². The number of carbonyl (C=O) groups is 1. The zero-order valence-electron chi connectivity index (χ0n) is 11.6. The predicted octanol–water partition coefficient (Wildman–Crippen LogP) is 3.46. The van der Waals surface area contributed by atoms with Crippen molar-refractivity contribution in [3.8, 4) is 5.75 Å². The van der Waals surface area contributed by atoms with Gasteiger partial charge in [0.25, 0.3) is 0 Å². The van der Waals surface area contributed by atoms with Crippen LogP contribution in [0.15, 0.2) is 12.1 Å². The Bertz CT molecular complexity index is 557. The second-order valence-electron chi connectivity index (χ2n) is 4.84. The number of nitrogens with zero attached hydrogens (tertiary/aromatic N) is 1. The van der Waals surface area contributed by atoms with Crippen molar-refractivity contribution in [1.82, 2.24) is 0 Å². The number of alkyl halides is 1. The molecule has 6 nitrogen and oxygen atoms in total. The molecule has 114 valence electrons. The molecule has 0 N–H and O–H groups in total. The zero-order chi connectivity index (χ0) is 15.4. The molecule has 7 heteroatoms. The third-order valence-electron chi connectivity index (χ3n) is 3.19. The van der Waals surface area contributed by atoms with Crippen LogP contribution in [0.4, 0.5) is 5.69 Å². The number of halogens is 1. The summed E-state index contributed by atoms with van der Waals surface area (Å²) >= 11 is 3.24. The van der Waals surface area contributed by atoms with Crippen molar-refractivity contribution in [2.75, 3.05) is 13.2 Å². The van der Waals surface area contributed by atoms with Gasteiger partial charge in [-0.3, -0.25) is 10.1 Å². The molecule has 1 aliphatic rings. The van der Waals surface area contributed by atoms with Crippen LogP contribution in [0.3, 0.4) is 0 Å². The fourth-order valence-electron chi connectivity index (χ4n) is 1.87. The van der Waals surface area contributed by atoms with Crippen LogP contribution in [0, 0.1) is 16.0 Å². The van der Waals surface area contributed by atoms with Crippen LogP contribution >= 0.6 is 15.9 Å². The van der Waals surface area contributed by atoms with Crippen LogP contribution in [-0.4, -0.2) is 24.1 Å². The van der Waals surface area contributed by atoms with Crippen molar-refractivity contribution < 1.29 is 19.2 Å². The van der Waals surface area contributed by atoms with Gasteiger partial charge in [0.2, 0.25) is 0 Å². The minimum Gasteiger partial charge on any atom is -0.487 e. The van der Waals surface area contributed by atoms with E-state index in [9.17, 15) is 14.9 Å². The van der Waals surface area contributed by atoms with E-state index in [4.69, 9.17) is 9.47 Å². The summed E-state index contributed by atoms with van der Waals surface area (Å²) in [5.41, 5.74) is 0.683. The van der Waals surface area contributed by atoms with Gasteiger partial charge in [0.1, 0.15) is 0 Å². The molecule has 1 fully saturated rings. The van der Waals surface area contributed by atoms with Gasteiger partial charge >= 0.3 is 11.7 Å². The van der Waals surface area contributed by atoms with Crippen molar-refractivity contribution in [3.05, 3.63) is 33.4 Å². The van der Waals surface area contributed by atoms with E-state index >= 15 is 0 Å². The summed E-state index contributed by atoms with van der Waals surface area (Å²) in [6.45, 7) is 2.40. The minimum absolute atomic E-state index is 0.125. The van der Waals surface area contributed by atoms with E-state index in [1.54, 1.807) is 6.92 Å². The number of nitro groups is 1. The number of hydrogen-bond donors (Lipinski definition) is 0. The Balaban J connectivity index is 2.36. The van der Waals surface area contributed by atoms with Crippen molar-refractivity contribution in [2.24, 2.45) is 5.92 Å². The third kappa shape index (κ3) is 3.93. The molecule has 0 aliphatic heterocycles. The molecule has 2 rings (SSSR count). The maximum atomic E-state index is 11.9. The Kier molecular flexibility index (Phi) is 5.17. The largest absolute Gasteiger partial charge is 0.487 e. The lowest BCUT2D eigenvalue weighted by atomic mass is 10.1. The number of esters is 1. The first-order valence-electron chi connectivity index (χ1n) is 6.74. The highest BCUT2D eigenvalue weighted by molar-refractivity contribution is 9.08. The second kappa shape index (κ2) is 6.89. The molecule has 0 radical (unpaired) electrons. The maximum Gasteiger partial charge on any atom is 0.338 e. The first kappa shape index (κ1) is 15.8. The molecule has 0 amide bonds. The maximum absolute atomic E-state index is 11.9. The summed E-state index contributed by atoms with van der Waals surface area (Å²) in [4.78, 5) is 22.6. The predicted molar refractivity (Wildman–Crippen MR) is 79.9 cm³/mol. The summed E-state index contributed by atoms with van der Waals surface area (Å²) in [5.74, 6) is 0.0873. The first-order valence-corrected chi connectivity index (χ1v) is 7.86. The number of nitro benzene ring substituents is 1. The van der Waals surface area contributed by atoms with Gasteiger partial charge < -0.3 is 9.47 Å². The van der Waals surface area contributed by atoms with Gasteiger partial charge in [-0.15, -0.1) is 0 Å². The Morgan fingerprint density at radius 3 is 2.71 bits per heavy atom. The first-order chi connectivity index (χ1) is 10.1. The van der Waals surface area contributed by atoms with Crippen molar-refractivity contribution in [2.45, 2.75) is 25.1 Å². The molecular weight excluding hydrogens is 342 g/mol. The monoisotopic (exact) mass is 357 g/mol. The molecule has 1 aliphatic carbocycles. The van der Waals surface area contributed by atoms with Gasteiger partial charge in [-0.25, -0.2) is 4.79 Å². The fraction of sp³-hybridized carbons (Fsp3) is 0.500. The van der Waals surface area contributed by atoms with Crippen LogP contribution in [0.1, 0.15) is 35.7 Å². The average molecular weight is 358 g/mol. The molecule has 0 heterocycles. The zero-order valence-corrected chi connectivity index (χ0v) is 13.2. The Labute approximate surface area is 130 Å². The summed E-state index contributed by atoms with van der Waals surface area (Å²) in [6, 6.07) is 2.78. The molecule has 21 heavy (non-hydrogen) atoms. The van der Waals surface area contributed by atoms with E-state index in [1.165, 1.54) is 12.1 Å². The second-order valence-corrected chi connectivity index (χ2v) is 5.40. The highest BCUT2D eigenvalue weighted by atomic mass is 79.9. The SMILES string of the molecule is CCOC(=O)c1cc(OCC2CC2)c([N+](=O)[O-])cc1CBr. The lowest BCUT2D eigenvalue weighted by molar-refractivity contribution is -0.385. The number of rotatable bonds is 7. The summed E-state index contributed by atoms with van der Waals surface area (Å²) < 4.78 is 10.5. The third-order valence-corrected chi connectivity index (χ3v) is 3.80.